The summed E-state index contributed by atoms with van der Waals surface area (Å²) in [7, 11) is 0. The Morgan fingerprint density at radius 3 is 1.62 bits per heavy atom. The number of allylic oxidation sites excluding steroid dienone is 1. The van der Waals surface area contributed by atoms with Gasteiger partial charge in [-0.3, -0.25) is 0 Å². The second-order valence-corrected chi connectivity index (χ2v) is 9.63. The zero-order valence-corrected chi connectivity index (χ0v) is 16.4. The molecule has 0 spiro atoms. The van der Waals surface area contributed by atoms with Gasteiger partial charge in [-0.25, -0.2) is 0 Å². The summed E-state index contributed by atoms with van der Waals surface area (Å²) in [6.07, 6.45) is 1.86. The Hall–Kier alpha value is -1.89. The van der Waals surface area contributed by atoms with Crippen LogP contribution in [0.5, 0.6) is 0 Å². The van der Waals surface area contributed by atoms with Crippen LogP contribution < -0.4 is 8.92 Å². The van der Waals surface area contributed by atoms with Gasteiger partial charge in [0.05, 0.1) is 0 Å². The molecule has 0 aliphatic rings. The van der Waals surface area contributed by atoms with Gasteiger partial charge in [0.2, 0.25) is 0 Å². The van der Waals surface area contributed by atoms with Crippen molar-refractivity contribution in [3.05, 3.63) is 103 Å². The molecular formula is C21H16OSe2. The van der Waals surface area contributed by atoms with Crippen LogP contribution in [0.25, 0.3) is 4.47 Å². The van der Waals surface area contributed by atoms with E-state index >= 15 is 0 Å². The van der Waals surface area contributed by atoms with E-state index in [2.05, 4.69) is 36.4 Å². The van der Waals surface area contributed by atoms with Gasteiger partial charge in [-0.1, -0.05) is 0 Å². The number of benzene rings is 3. The van der Waals surface area contributed by atoms with Crippen LogP contribution in [0, 0.1) is 0 Å². The first-order valence-electron chi connectivity index (χ1n) is 7.58. The molecule has 3 aromatic carbocycles. The van der Waals surface area contributed by atoms with E-state index in [0.29, 0.717) is 0 Å². The van der Waals surface area contributed by atoms with E-state index in [-0.39, 0.29) is 34.6 Å². The fraction of sp³-hybridized carbons (Fsp3) is 0. The van der Waals surface area contributed by atoms with Crippen LogP contribution >= 0.6 is 0 Å². The summed E-state index contributed by atoms with van der Waals surface area (Å²) < 4.78 is 3.74. The second kappa shape index (κ2) is 8.82. The molecule has 0 saturated carbocycles. The predicted molar refractivity (Wildman–Crippen MR) is 103 cm³/mol. The van der Waals surface area contributed by atoms with Crippen molar-refractivity contribution in [1.29, 1.82) is 0 Å². The van der Waals surface area contributed by atoms with Crippen molar-refractivity contribution in [2.24, 2.45) is 0 Å². The van der Waals surface area contributed by atoms with Crippen molar-refractivity contribution < 1.29 is 4.79 Å². The van der Waals surface area contributed by atoms with E-state index in [1.54, 1.807) is 0 Å². The zero-order chi connectivity index (χ0) is 16.6. The summed E-state index contributed by atoms with van der Waals surface area (Å²) in [4.78, 5) is 12.5. The molecule has 0 radical (unpaired) electrons. The normalized spacial score (nSPS) is 11.2. The van der Waals surface area contributed by atoms with Gasteiger partial charge < -0.3 is 0 Å². The molecule has 3 rings (SSSR count). The topological polar surface area (TPSA) is 17.1 Å². The van der Waals surface area contributed by atoms with E-state index in [9.17, 15) is 4.79 Å². The molecule has 118 valence electrons. The second-order valence-electron chi connectivity index (χ2n) is 5.02. The maximum absolute atomic E-state index is 12.5. The van der Waals surface area contributed by atoms with Crippen molar-refractivity contribution >= 4 is 48.0 Å². The molecule has 3 aromatic rings. The fourth-order valence-corrected chi connectivity index (χ4v) is 6.01. The van der Waals surface area contributed by atoms with Crippen molar-refractivity contribution in [1.82, 2.24) is 0 Å². The van der Waals surface area contributed by atoms with E-state index in [0.717, 1.165) is 14.5 Å². The van der Waals surface area contributed by atoms with Crippen LogP contribution in [-0.2, 0) is 4.79 Å². The first kappa shape index (κ1) is 16.9. The van der Waals surface area contributed by atoms with Crippen LogP contribution in [0.4, 0.5) is 0 Å². The third kappa shape index (κ3) is 5.06. The Labute approximate surface area is 155 Å². The summed E-state index contributed by atoms with van der Waals surface area (Å²) in [6.45, 7) is 0. The molecule has 3 heteroatoms. The molecule has 0 unspecified atom stereocenters. The van der Waals surface area contributed by atoms with Crippen LogP contribution in [0.1, 0.15) is 5.56 Å². The van der Waals surface area contributed by atoms with E-state index < -0.39 is 0 Å². The molecule has 24 heavy (non-hydrogen) atoms. The molecule has 0 fully saturated rings. The first-order chi connectivity index (χ1) is 11.8. The minimum atomic E-state index is -0.173. The van der Waals surface area contributed by atoms with Gasteiger partial charge >= 0.3 is 155 Å². The fourth-order valence-electron chi connectivity index (χ4n) is 2.13. The Morgan fingerprint density at radius 2 is 1.08 bits per heavy atom. The van der Waals surface area contributed by atoms with Crippen molar-refractivity contribution in [3.8, 4) is 0 Å². The average molecular weight is 442 g/mol. The van der Waals surface area contributed by atoms with Crippen molar-refractivity contribution in [3.63, 3.8) is 0 Å². The first-order valence-corrected chi connectivity index (χ1v) is 11.0. The number of carbonyl (C=O) groups excluding carboxylic acids is 1. The summed E-state index contributed by atoms with van der Waals surface area (Å²) in [5.41, 5.74) is 1.14. The molecule has 0 heterocycles. The molecule has 1 nitrogen and oxygen atoms in total. The number of hydrogen-bond acceptors (Lipinski definition) is 1. The Balaban J connectivity index is 1.85. The minimum absolute atomic E-state index is 0.116. The average Bonchev–Trinajstić information content (AvgIpc) is 2.63. The molecule has 0 atom stereocenters. The van der Waals surface area contributed by atoms with Crippen LogP contribution in [-0.4, -0.2) is 34.6 Å². The quantitative estimate of drug-likeness (QED) is 0.424. The number of carbonyl (C=O) groups is 1. The van der Waals surface area contributed by atoms with Crippen LogP contribution in [0.2, 0.25) is 0 Å². The third-order valence-electron chi connectivity index (χ3n) is 3.24. The zero-order valence-electron chi connectivity index (χ0n) is 13.0. The van der Waals surface area contributed by atoms with E-state index in [4.69, 9.17) is 0 Å². The SMILES string of the molecule is O=C(/C=C(\[Se]c1ccccc1)c1ccccc1)[Se]c1ccccc1. The molecule has 0 amide bonds. The van der Waals surface area contributed by atoms with Crippen LogP contribution in [0.15, 0.2) is 97.1 Å². The predicted octanol–water partition coefficient (Wildman–Crippen LogP) is 2.61. The molecule has 0 N–H and O–H groups in total. The third-order valence-corrected chi connectivity index (χ3v) is 7.24. The van der Waals surface area contributed by atoms with Crippen molar-refractivity contribution in [2.45, 2.75) is 0 Å². The molecular weight excluding hydrogens is 426 g/mol. The maximum atomic E-state index is 12.5. The number of rotatable bonds is 6. The van der Waals surface area contributed by atoms with Gasteiger partial charge in [-0.2, -0.15) is 0 Å². The van der Waals surface area contributed by atoms with Gasteiger partial charge in [0.15, 0.2) is 0 Å². The molecule has 0 saturated heterocycles. The summed E-state index contributed by atoms with van der Waals surface area (Å²) in [5, 5.41) is 0. The summed E-state index contributed by atoms with van der Waals surface area (Å²) >= 11 is -0.0564. The van der Waals surface area contributed by atoms with Crippen molar-refractivity contribution in [2.75, 3.05) is 0 Å². The Morgan fingerprint density at radius 1 is 0.625 bits per heavy atom. The van der Waals surface area contributed by atoms with E-state index in [1.807, 2.05) is 60.7 Å². The number of hydrogen-bond donors (Lipinski definition) is 0. The van der Waals surface area contributed by atoms with Gasteiger partial charge in [0.25, 0.3) is 0 Å². The van der Waals surface area contributed by atoms with Gasteiger partial charge in [-0.05, 0) is 0 Å². The molecule has 0 aromatic heterocycles. The standard InChI is InChI=1S/C21H16OSe2/c22-21(24-19-14-8-3-9-15-19)16-20(17-10-4-1-5-11-17)23-18-12-6-2-7-13-18/h1-16H/b20-16-. The van der Waals surface area contributed by atoms with Gasteiger partial charge in [-0.15, -0.1) is 0 Å². The monoisotopic (exact) mass is 444 g/mol. The Bertz CT molecular complexity index is 812. The molecule has 0 aliphatic carbocycles. The van der Waals surface area contributed by atoms with Gasteiger partial charge in [0.1, 0.15) is 0 Å². The van der Waals surface area contributed by atoms with Gasteiger partial charge in [0, 0.05) is 0 Å². The molecule has 0 aliphatic heterocycles. The Kier molecular flexibility index (Phi) is 6.23. The van der Waals surface area contributed by atoms with Crippen LogP contribution in [0.3, 0.4) is 0 Å². The summed E-state index contributed by atoms with van der Waals surface area (Å²) in [5.74, 6) is 0. The molecule has 0 bridgehead atoms. The summed E-state index contributed by atoms with van der Waals surface area (Å²) in [6, 6.07) is 30.6. The van der Waals surface area contributed by atoms with E-state index in [1.165, 1.54) is 4.46 Å².